The molecule has 0 bridgehead atoms. The van der Waals surface area contributed by atoms with Gasteiger partial charge in [0.05, 0.1) is 0 Å². The quantitative estimate of drug-likeness (QED) is 0.857. The molecule has 2 nitrogen and oxygen atoms in total. The van der Waals surface area contributed by atoms with Crippen LogP contribution < -0.4 is 5.73 Å². The number of nitrogens with two attached hydrogens (primary N) is 1. The van der Waals surface area contributed by atoms with Gasteiger partial charge in [0.15, 0.2) is 0 Å². The van der Waals surface area contributed by atoms with Gasteiger partial charge in [0, 0.05) is 17.0 Å². The first-order valence-corrected chi connectivity index (χ1v) is 6.19. The van der Waals surface area contributed by atoms with Gasteiger partial charge in [-0.2, -0.15) is 0 Å². The summed E-state index contributed by atoms with van der Waals surface area (Å²) in [5.41, 5.74) is 7.32. The molecule has 1 fully saturated rings. The molecular weight excluding hydrogens is 220 g/mol. The molecule has 16 heavy (non-hydrogen) atoms. The highest BCUT2D eigenvalue weighted by molar-refractivity contribution is 6.31. The van der Waals surface area contributed by atoms with Crippen LogP contribution in [0.4, 0.5) is 0 Å². The molecule has 1 heterocycles. The van der Waals surface area contributed by atoms with E-state index in [0.29, 0.717) is 6.54 Å². The van der Waals surface area contributed by atoms with Gasteiger partial charge in [-0.3, -0.25) is 0 Å². The third-order valence-electron chi connectivity index (χ3n) is 3.78. The summed E-state index contributed by atoms with van der Waals surface area (Å²) in [6.45, 7) is 2.88. The summed E-state index contributed by atoms with van der Waals surface area (Å²) in [5, 5.41) is 0.859. The number of piperidine rings is 1. The molecule has 3 heteroatoms. The average Bonchev–Trinajstić information content (AvgIpc) is 2.32. The number of halogens is 1. The van der Waals surface area contributed by atoms with Gasteiger partial charge >= 0.3 is 0 Å². The van der Waals surface area contributed by atoms with Crippen molar-refractivity contribution in [3.8, 4) is 0 Å². The highest BCUT2D eigenvalue weighted by Crippen LogP contribution is 2.37. The Kier molecular flexibility index (Phi) is 3.53. The van der Waals surface area contributed by atoms with Gasteiger partial charge in [-0.25, -0.2) is 0 Å². The Balaban J connectivity index is 2.32. The van der Waals surface area contributed by atoms with Crippen LogP contribution >= 0.6 is 11.6 Å². The molecule has 88 valence electrons. The summed E-state index contributed by atoms with van der Waals surface area (Å²) in [5.74, 6) is 0. The van der Waals surface area contributed by atoms with Gasteiger partial charge in [-0.15, -0.1) is 0 Å². The van der Waals surface area contributed by atoms with E-state index in [9.17, 15) is 0 Å². The lowest BCUT2D eigenvalue weighted by Crippen LogP contribution is -2.45. The summed E-state index contributed by atoms with van der Waals surface area (Å²) in [6, 6.07) is 8.12. The fourth-order valence-electron chi connectivity index (χ4n) is 2.52. The molecule has 1 saturated heterocycles. The largest absolute Gasteiger partial charge is 0.330 e. The van der Waals surface area contributed by atoms with Crippen LogP contribution in [0.3, 0.4) is 0 Å². The number of benzene rings is 1. The molecule has 2 rings (SSSR count). The van der Waals surface area contributed by atoms with Crippen LogP contribution in [0.5, 0.6) is 0 Å². The summed E-state index contributed by atoms with van der Waals surface area (Å²) >= 11 is 6.29. The van der Waals surface area contributed by atoms with E-state index >= 15 is 0 Å². The first kappa shape index (κ1) is 11.9. The first-order chi connectivity index (χ1) is 7.68. The maximum atomic E-state index is 6.29. The zero-order valence-corrected chi connectivity index (χ0v) is 10.5. The lowest BCUT2D eigenvalue weighted by atomic mass is 9.73. The third kappa shape index (κ3) is 2.10. The van der Waals surface area contributed by atoms with E-state index in [2.05, 4.69) is 24.1 Å². The summed E-state index contributed by atoms with van der Waals surface area (Å²) in [4.78, 5) is 2.35. The topological polar surface area (TPSA) is 29.3 Å². The summed E-state index contributed by atoms with van der Waals surface area (Å²) in [6.07, 6.45) is 2.20. The van der Waals surface area contributed by atoms with Gasteiger partial charge in [0.1, 0.15) is 0 Å². The molecule has 2 N–H and O–H groups in total. The Hall–Kier alpha value is -0.570. The smallest absolute Gasteiger partial charge is 0.0444 e. The van der Waals surface area contributed by atoms with Gasteiger partial charge < -0.3 is 10.6 Å². The van der Waals surface area contributed by atoms with Gasteiger partial charge in [-0.1, -0.05) is 29.8 Å². The standard InChI is InChI=1S/C13H19ClN2/c1-16-8-6-13(10-15,7-9-16)11-4-2-3-5-12(11)14/h2-5H,6-10,15H2,1H3. The first-order valence-electron chi connectivity index (χ1n) is 5.81. The van der Waals surface area contributed by atoms with Crippen molar-refractivity contribution in [2.24, 2.45) is 5.73 Å². The van der Waals surface area contributed by atoms with Gasteiger partial charge in [-0.05, 0) is 44.6 Å². The fourth-order valence-corrected chi connectivity index (χ4v) is 2.86. The van der Waals surface area contributed by atoms with Crippen molar-refractivity contribution in [3.05, 3.63) is 34.9 Å². The molecule has 0 amide bonds. The summed E-state index contributed by atoms with van der Waals surface area (Å²) < 4.78 is 0. The van der Waals surface area contributed by atoms with Crippen LogP contribution in [0.15, 0.2) is 24.3 Å². The lowest BCUT2D eigenvalue weighted by molar-refractivity contribution is 0.192. The molecule has 0 unspecified atom stereocenters. The fraction of sp³-hybridized carbons (Fsp3) is 0.538. The Bertz CT molecular complexity index is 357. The predicted molar refractivity (Wildman–Crippen MR) is 68.9 cm³/mol. The second-order valence-electron chi connectivity index (χ2n) is 4.77. The number of nitrogens with zero attached hydrogens (tertiary/aromatic N) is 1. The van der Waals surface area contributed by atoms with E-state index in [1.54, 1.807) is 0 Å². The average molecular weight is 239 g/mol. The number of likely N-dealkylation sites (tertiary alicyclic amines) is 1. The molecular formula is C13H19ClN2. The second-order valence-corrected chi connectivity index (χ2v) is 5.17. The highest BCUT2D eigenvalue weighted by atomic mass is 35.5. The Morgan fingerprint density at radius 1 is 1.31 bits per heavy atom. The minimum Gasteiger partial charge on any atom is -0.330 e. The van der Waals surface area contributed by atoms with E-state index in [4.69, 9.17) is 17.3 Å². The molecule has 1 aromatic carbocycles. The van der Waals surface area contributed by atoms with Crippen molar-refractivity contribution in [1.29, 1.82) is 0 Å². The van der Waals surface area contributed by atoms with E-state index in [1.807, 2.05) is 12.1 Å². The normalized spacial score (nSPS) is 20.9. The van der Waals surface area contributed by atoms with E-state index in [-0.39, 0.29) is 5.41 Å². The van der Waals surface area contributed by atoms with Crippen LogP contribution in [0.1, 0.15) is 18.4 Å². The minimum absolute atomic E-state index is 0.0881. The zero-order valence-electron chi connectivity index (χ0n) is 9.75. The van der Waals surface area contributed by atoms with Gasteiger partial charge in [0.2, 0.25) is 0 Å². The third-order valence-corrected chi connectivity index (χ3v) is 4.11. The molecule has 0 aromatic heterocycles. The van der Waals surface area contributed by atoms with Crippen LogP contribution in [0.2, 0.25) is 5.02 Å². The van der Waals surface area contributed by atoms with Crippen molar-refractivity contribution in [2.75, 3.05) is 26.7 Å². The Labute approximate surface area is 102 Å². The zero-order chi connectivity index (χ0) is 11.6. The summed E-state index contributed by atoms with van der Waals surface area (Å²) in [7, 11) is 2.16. The Morgan fingerprint density at radius 3 is 2.50 bits per heavy atom. The van der Waals surface area contributed by atoms with Crippen molar-refractivity contribution >= 4 is 11.6 Å². The van der Waals surface area contributed by atoms with Crippen LogP contribution in [0.25, 0.3) is 0 Å². The lowest BCUT2D eigenvalue weighted by Gasteiger charge is -2.40. The maximum Gasteiger partial charge on any atom is 0.0444 e. The maximum absolute atomic E-state index is 6.29. The molecule has 0 spiro atoms. The number of hydrogen-bond donors (Lipinski definition) is 1. The van der Waals surface area contributed by atoms with Crippen LogP contribution in [0, 0.1) is 0 Å². The monoisotopic (exact) mass is 238 g/mol. The number of hydrogen-bond acceptors (Lipinski definition) is 2. The Morgan fingerprint density at radius 2 is 1.94 bits per heavy atom. The molecule has 1 aliphatic rings. The van der Waals surface area contributed by atoms with Crippen LogP contribution in [-0.4, -0.2) is 31.6 Å². The number of rotatable bonds is 2. The molecule has 1 aliphatic heterocycles. The molecule has 0 aliphatic carbocycles. The molecule has 0 atom stereocenters. The van der Waals surface area contributed by atoms with Crippen LogP contribution in [-0.2, 0) is 5.41 Å². The van der Waals surface area contributed by atoms with Crippen molar-refractivity contribution in [3.63, 3.8) is 0 Å². The van der Waals surface area contributed by atoms with Crippen molar-refractivity contribution < 1.29 is 0 Å². The molecule has 0 saturated carbocycles. The minimum atomic E-state index is 0.0881. The molecule has 1 aromatic rings. The predicted octanol–water partition coefficient (Wildman–Crippen LogP) is 2.26. The SMILES string of the molecule is CN1CCC(CN)(c2ccccc2Cl)CC1. The van der Waals surface area contributed by atoms with E-state index in [1.165, 1.54) is 5.56 Å². The van der Waals surface area contributed by atoms with E-state index < -0.39 is 0 Å². The second kappa shape index (κ2) is 4.74. The van der Waals surface area contributed by atoms with E-state index in [0.717, 1.165) is 31.0 Å². The highest BCUT2D eigenvalue weighted by Gasteiger charge is 2.35. The molecule has 0 radical (unpaired) electrons. The van der Waals surface area contributed by atoms with Crippen molar-refractivity contribution in [2.45, 2.75) is 18.3 Å². The van der Waals surface area contributed by atoms with Gasteiger partial charge in [0.25, 0.3) is 0 Å². The van der Waals surface area contributed by atoms with Crippen molar-refractivity contribution in [1.82, 2.24) is 4.90 Å².